The highest BCUT2D eigenvalue weighted by Crippen LogP contribution is 2.21. The van der Waals surface area contributed by atoms with Crippen molar-refractivity contribution in [2.24, 2.45) is 0 Å². The smallest absolute Gasteiger partial charge is 0.271 e. The summed E-state index contributed by atoms with van der Waals surface area (Å²) in [6.45, 7) is 6.21. The van der Waals surface area contributed by atoms with Crippen LogP contribution in [-0.4, -0.2) is 55.7 Å². The van der Waals surface area contributed by atoms with E-state index in [9.17, 15) is 4.79 Å². The number of methoxy groups -OCH3 is 1. The molecule has 1 aliphatic heterocycles. The van der Waals surface area contributed by atoms with Crippen molar-refractivity contribution in [2.75, 3.05) is 49.6 Å². The van der Waals surface area contributed by atoms with Crippen molar-refractivity contribution in [2.45, 2.75) is 13.3 Å². The van der Waals surface area contributed by atoms with Crippen molar-refractivity contribution in [3.8, 4) is 5.75 Å². The van der Waals surface area contributed by atoms with Gasteiger partial charge in [-0.15, -0.1) is 0 Å². The van der Waals surface area contributed by atoms with Gasteiger partial charge < -0.3 is 19.9 Å². The van der Waals surface area contributed by atoms with Crippen LogP contribution in [0.4, 0.5) is 11.5 Å². The zero-order valence-corrected chi connectivity index (χ0v) is 15.3. The summed E-state index contributed by atoms with van der Waals surface area (Å²) in [5.74, 6) is 1.51. The summed E-state index contributed by atoms with van der Waals surface area (Å²) in [5.41, 5.74) is 1.55. The molecule has 0 saturated carbocycles. The summed E-state index contributed by atoms with van der Waals surface area (Å²) in [4.78, 5) is 25.1. The second kappa shape index (κ2) is 8.51. The Morgan fingerprint density at radius 3 is 2.35 bits per heavy atom. The number of piperazine rings is 1. The molecule has 1 N–H and O–H groups in total. The topological polar surface area (TPSA) is 70.6 Å². The Kier molecular flexibility index (Phi) is 5.88. The first-order valence-corrected chi connectivity index (χ1v) is 8.95. The average Bonchev–Trinajstić information content (AvgIpc) is 2.72. The van der Waals surface area contributed by atoms with Gasteiger partial charge in [-0.2, -0.15) is 0 Å². The Balaban J connectivity index is 1.56. The Morgan fingerprint density at radius 1 is 1.08 bits per heavy atom. The van der Waals surface area contributed by atoms with Crippen LogP contribution in [0.5, 0.6) is 5.75 Å². The maximum Gasteiger partial charge on any atom is 0.271 e. The molecule has 1 aromatic carbocycles. The number of ether oxygens (including phenoxy) is 1. The van der Waals surface area contributed by atoms with Gasteiger partial charge in [0, 0.05) is 38.4 Å². The first-order valence-electron chi connectivity index (χ1n) is 8.95. The van der Waals surface area contributed by atoms with Gasteiger partial charge in [-0.3, -0.25) is 4.79 Å². The summed E-state index contributed by atoms with van der Waals surface area (Å²) in [6, 6.07) is 8.13. The summed E-state index contributed by atoms with van der Waals surface area (Å²) in [5, 5.41) is 2.81. The molecule has 0 radical (unpaired) electrons. The third-order valence-corrected chi connectivity index (χ3v) is 4.45. The van der Waals surface area contributed by atoms with Crippen LogP contribution in [-0.2, 0) is 0 Å². The van der Waals surface area contributed by atoms with Crippen molar-refractivity contribution in [3.63, 3.8) is 0 Å². The second-order valence-electron chi connectivity index (χ2n) is 6.19. The Bertz CT molecular complexity index is 710. The lowest BCUT2D eigenvalue weighted by Gasteiger charge is -2.36. The van der Waals surface area contributed by atoms with Crippen LogP contribution in [0.1, 0.15) is 23.8 Å². The lowest BCUT2D eigenvalue weighted by molar-refractivity contribution is 0.0948. The van der Waals surface area contributed by atoms with Gasteiger partial charge in [0.2, 0.25) is 0 Å². The van der Waals surface area contributed by atoms with Crippen LogP contribution < -0.4 is 19.9 Å². The quantitative estimate of drug-likeness (QED) is 0.854. The van der Waals surface area contributed by atoms with Gasteiger partial charge in [-0.1, -0.05) is 6.92 Å². The van der Waals surface area contributed by atoms with Crippen LogP contribution >= 0.6 is 0 Å². The number of aromatic nitrogens is 2. The van der Waals surface area contributed by atoms with Gasteiger partial charge in [-0.25, -0.2) is 9.97 Å². The second-order valence-corrected chi connectivity index (χ2v) is 6.19. The molecule has 7 nitrogen and oxygen atoms in total. The van der Waals surface area contributed by atoms with Crippen LogP contribution in [0.25, 0.3) is 0 Å². The molecule has 3 rings (SSSR count). The maximum absolute atomic E-state index is 11.9. The van der Waals surface area contributed by atoms with Gasteiger partial charge in [0.1, 0.15) is 17.3 Å². The molecule has 0 bridgehead atoms. The molecule has 26 heavy (non-hydrogen) atoms. The molecular weight excluding hydrogens is 330 g/mol. The minimum atomic E-state index is -0.171. The maximum atomic E-state index is 11.9. The van der Waals surface area contributed by atoms with Gasteiger partial charge in [-0.05, 0) is 30.7 Å². The summed E-state index contributed by atoms with van der Waals surface area (Å²) in [7, 11) is 1.67. The van der Waals surface area contributed by atoms with E-state index in [2.05, 4.69) is 37.2 Å². The number of nitrogens with zero attached hydrogens (tertiary/aromatic N) is 4. The largest absolute Gasteiger partial charge is 0.497 e. The van der Waals surface area contributed by atoms with Gasteiger partial charge in [0.15, 0.2) is 0 Å². The highest BCUT2D eigenvalue weighted by molar-refractivity contribution is 5.91. The third-order valence-electron chi connectivity index (χ3n) is 4.45. The number of anilines is 2. The van der Waals surface area contributed by atoms with Crippen molar-refractivity contribution in [1.82, 2.24) is 15.3 Å². The predicted octanol–water partition coefficient (Wildman–Crippen LogP) is 1.95. The summed E-state index contributed by atoms with van der Waals surface area (Å²) in [6.07, 6.45) is 4.13. The number of nitrogens with one attached hydrogen (secondary N) is 1. The fraction of sp³-hybridized carbons (Fsp3) is 0.421. The minimum Gasteiger partial charge on any atom is -0.497 e. The molecule has 1 aliphatic rings. The van der Waals surface area contributed by atoms with E-state index in [0.29, 0.717) is 12.2 Å². The van der Waals surface area contributed by atoms with Crippen molar-refractivity contribution in [1.29, 1.82) is 0 Å². The van der Waals surface area contributed by atoms with Crippen LogP contribution in [0.3, 0.4) is 0 Å². The molecule has 0 aliphatic carbocycles. The van der Waals surface area contributed by atoms with E-state index in [1.54, 1.807) is 19.5 Å². The van der Waals surface area contributed by atoms with E-state index in [-0.39, 0.29) is 5.91 Å². The third kappa shape index (κ3) is 4.22. The van der Waals surface area contributed by atoms with E-state index in [0.717, 1.165) is 44.2 Å². The molecule has 1 aromatic heterocycles. The molecule has 138 valence electrons. The van der Waals surface area contributed by atoms with Crippen molar-refractivity contribution in [3.05, 3.63) is 42.4 Å². The zero-order chi connectivity index (χ0) is 18.4. The molecule has 1 fully saturated rings. The lowest BCUT2D eigenvalue weighted by Crippen LogP contribution is -2.46. The van der Waals surface area contributed by atoms with Crippen molar-refractivity contribution < 1.29 is 9.53 Å². The first-order chi connectivity index (χ1) is 12.7. The standard InChI is InChI=1S/C19H25N5O2/c1-3-8-20-19(25)17-13-22-18(14-21-17)24-11-9-23(10-12-24)15-4-6-16(26-2)7-5-15/h4-7,13-14H,3,8-12H2,1-2H3,(H,20,25). The van der Waals surface area contributed by atoms with Gasteiger partial charge in [0.25, 0.3) is 5.91 Å². The Hall–Kier alpha value is -2.83. The molecule has 0 unspecified atom stereocenters. The number of hydrogen-bond acceptors (Lipinski definition) is 6. The Labute approximate surface area is 154 Å². The van der Waals surface area contributed by atoms with E-state index < -0.39 is 0 Å². The molecule has 0 atom stereocenters. The van der Waals surface area contributed by atoms with E-state index >= 15 is 0 Å². The zero-order valence-electron chi connectivity index (χ0n) is 15.3. The highest BCUT2D eigenvalue weighted by atomic mass is 16.5. The minimum absolute atomic E-state index is 0.171. The number of hydrogen-bond donors (Lipinski definition) is 1. The monoisotopic (exact) mass is 355 g/mol. The van der Waals surface area contributed by atoms with Crippen molar-refractivity contribution >= 4 is 17.4 Å². The molecule has 2 heterocycles. The fourth-order valence-electron chi connectivity index (χ4n) is 2.92. The molecule has 0 spiro atoms. The van der Waals surface area contributed by atoms with E-state index in [1.807, 2.05) is 19.1 Å². The normalized spacial score (nSPS) is 14.2. The molecule has 1 saturated heterocycles. The summed E-state index contributed by atoms with van der Waals surface area (Å²) >= 11 is 0. The van der Waals surface area contributed by atoms with Crippen LogP contribution in [0.15, 0.2) is 36.7 Å². The van der Waals surface area contributed by atoms with Crippen LogP contribution in [0.2, 0.25) is 0 Å². The Morgan fingerprint density at radius 2 is 1.77 bits per heavy atom. The molecule has 7 heteroatoms. The number of benzene rings is 1. The fourth-order valence-corrected chi connectivity index (χ4v) is 2.92. The average molecular weight is 355 g/mol. The number of amides is 1. The summed E-state index contributed by atoms with van der Waals surface area (Å²) < 4.78 is 5.21. The highest BCUT2D eigenvalue weighted by Gasteiger charge is 2.19. The van der Waals surface area contributed by atoms with Gasteiger partial charge >= 0.3 is 0 Å². The van der Waals surface area contributed by atoms with Gasteiger partial charge in [0.05, 0.1) is 19.5 Å². The molecule has 2 aromatic rings. The SMILES string of the molecule is CCCNC(=O)c1cnc(N2CCN(c3ccc(OC)cc3)CC2)cn1. The molecule has 1 amide bonds. The molecular formula is C19H25N5O2. The number of carbonyl (C=O) groups is 1. The number of carbonyl (C=O) groups excluding carboxylic acids is 1. The van der Waals surface area contributed by atoms with E-state index in [4.69, 9.17) is 4.74 Å². The number of rotatable bonds is 6. The predicted molar refractivity (Wildman–Crippen MR) is 102 cm³/mol. The lowest BCUT2D eigenvalue weighted by atomic mass is 10.2. The van der Waals surface area contributed by atoms with E-state index in [1.165, 1.54) is 5.69 Å². The first kappa shape index (κ1) is 18.0. The van der Waals surface area contributed by atoms with Crippen LogP contribution in [0, 0.1) is 0 Å².